The summed E-state index contributed by atoms with van der Waals surface area (Å²) < 4.78 is 5.69. The van der Waals surface area contributed by atoms with Crippen molar-refractivity contribution in [3.63, 3.8) is 0 Å². The lowest BCUT2D eigenvalue weighted by Crippen LogP contribution is -2.45. The van der Waals surface area contributed by atoms with Gasteiger partial charge in [-0.3, -0.25) is 4.79 Å². The Hall–Kier alpha value is -1.26. The minimum Gasteiger partial charge on any atom is -0.481 e. The molecule has 1 fully saturated rings. The summed E-state index contributed by atoms with van der Waals surface area (Å²) in [6.07, 6.45) is 2.63. The smallest absolute Gasteiger partial charge is 0.263 e. The van der Waals surface area contributed by atoms with E-state index in [4.69, 9.17) is 22.1 Å². The van der Waals surface area contributed by atoms with Crippen molar-refractivity contribution in [3.8, 4) is 5.75 Å². The van der Waals surface area contributed by atoms with E-state index in [0.717, 1.165) is 38.9 Å². The summed E-state index contributed by atoms with van der Waals surface area (Å²) in [6, 6.07) is 7.12. The summed E-state index contributed by atoms with van der Waals surface area (Å²) in [7, 11) is 0. The first kappa shape index (κ1) is 16.1. The van der Waals surface area contributed by atoms with Crippen LogP contribution in [-0.2, 0) is 4.79 Å². The third-order valence-electron chi connectivity index (χ3n) is 3.96. The number of nitrogens with zero attached hydrogens (tertiary/aromatic N) is 1. The van der Waals surface area contributed by atoms with Crippen LogP contribution in [0, 0.1) is 5.92 Å². The average molecular weight is 311 g/mol. The van der Waals surface area contributed by atoms with Gasteiger partial charge in [0, 0.05) is 18.1 Å². The molecular weight excluding hydrogens is 288 g/mol. The Bertz CT molecular complexity index is 473. The highest BCUT2D eigenvalue weighted by atomic mass is 35.5. The van der Waals surface area contributed by atoms with Gasteiger partial charge in [0.05, 0.1) is 0 Å². The standard InChI is InChI=1S/C16H23ClN2O2/c1-12(21-15-4-2-3-14(17)11-15)16(20)19-9-6-13(5-8-18)7-10-19/h2-4,11-13H,5-10,18H2,1H3. The molecule has 21 heavy (non-hydrogen) atoms. The number of piperidine rings is 1. The maximum Gasteiger partial charge on any atom is 0.263 e. The number of carbonyl (C=O) groups excluding carboxylic acids is 1. The first-order valence-electron chi connectivity index (χ1n) is 7.51. The zero-order chi connectivity index (χ0) is 15.2. The molecule has 1 aromatic carbocycles. The number of carbonyl (C=O) groups is 1. The molecule has 0 spiro atoms. The van der Waals surface area contributed by atoms with Crippen molar-refractivity contribution < 1.29 is 9.53 Å². The molecule has 1 aliphatic rings. The SMILES string of the molecule is CC(Oc1cccc(Cl)c1)C(=O)N1CCC(CCN)CC1. The molecule has 0 bridgehead atoms. The van der Waals surface area contributed by atoms with Crippen LogP contribution >= 0.6 is 11.6 Å². The van der Waals surface area contributed by atoms with Gasteiger partial charge >= 0.3 is 0 Å². The average Bonchev–Trinajstić information content (AvgIpc) is 2.47. The molecule has 116 valence electrons. The van der Waals surface area contributed by atoms with Gasteiger partial charge in [-0.2, -0.15) is 0 Å². The fraction of sp³-hybridized carbons (Fsp3) is 0.562. The van der Waals surface area contributed by atoms with Crippen molar-refractivity contribution in [2.45, 2.75) is 32.3 Å². The van der Waals surface area contributed by atoms with Crippen LogP contribution in [0.3, 0.4) is 0 Å². The van der Waals surface area contributed by atoms with Gasteiger partial charge in [-0.25, -0.2) is 0 Å². The molecule has 5 heteroatoms. The highest BCUT2D eigenvalue weighted by Crippen LogP contribution is 2.22. The number of amides is 1. The van der Waals surface area contributed by atoms with Crippen molar-refractivity contribution in [3.05, 3.63) is 29.3 Å². The van der Waals surface area contributed by atoms with Gasteiger partial charge in [-0.15, -0.1) is 0 Å². The van der Waals surface area contributed by atoms with Crippen molar-refractivity contribution in [1.82, 2.24) is 4.90 Å². The summed E-state index contributed by atoms with van der Waals surface area (Å²) >= 11 is 5.92. The van der Waals surface area contributed by atoms with Gasteiger partial charge in [0.2, 0.25) is 0 Å². The maximum atomic E-state index is 12.4. The van der Waals surface area contributed by atoms with E-state index in [-0.39, 0.29) is 5.91 Å². The highest BCUT2D eigenvalue weighted by molar-refractivity contribution is 6.30. The Morgan fingerprint density at radius 2 is 2.19 bits per heavy atom. The van der Waals surface area contributed by atoms with E-state index < -0.39 is 6.10 Å². The maximum absolute atomic E-state index is 12.4. The minimum absolute atomic E-state index is 0.0428. The van der Waals surface area contributed by atoms with E-state index in [9.17, 15) is 4.79 Å². The van der Waals surface area contributed by atoms with Crippen LogP contribution in [0.25, 0.3) is 0 Å². The van der Waals surface area contributed by atoms with Crippen LogP contribution in [0.5, 0.6) is 5.75 Å². The molecule has 1 heterocycles. The van der Waals surface area contributed by atoms with Crippen LogP contribution in [0.15, 0.2) is 24.3 Å². The number of halogens is 1. The molecule has 4 nitrogen and oxygen atoms in total. The zero-order valence-electron chi connectivity index (χ0n) is 12.4. The Balaban J connectivity index is 1.85. The number of benzene rings is 1. The molecule has 2 rings (SSSR count). The third kappa shape index (κ3) is 4.61. The third-order valence-corrected chi connectivity index (χ3v) is 4.19. The number of nitrogens with two attached hydrogens (primary N) is 1. The quantitative estimate of drug-likeness (QED) is 0.909. The molecule has 0 aromatic heterocycles. The molecule has 1 atom stereocenters. The summed E-state index contributed by atoms with van der Waals surface area (Å²) in [5, 5.41) is 0.606. The van der Waals surface area contributed by atoms with Gasteiger partial charge in [0.25, 0.3) is 5.91 Å². The summed E-state index contributed by atoms with van der Waals surface area (Å²) in [4.78, 5) is 14.3. The van der Waals surface area contributed by atoms with E-state index in [0.29, 0.717) is 16.7 Å². The second kappa shape index (κ2) is 7.66. The van der Waals surface area contributed by atoms with E-state index in [2.05, 4.69) is 0 Å². The van der Waals surface area contributed by atoms with Gasteiger partial charge in [0.15, 0.2) is 6.10 Å². The lowest BCUT2D eigenvalue weighted by Gasteiger charge is -2.33. The molecule has 0 saturated carbocycles. The van der Waals surface area contributed by atoms with E-state index >= 15 is 0 Å². The highest BCUT2D eigenvalue weighted by Gasteiger charge is 2.26. The first-order chi connectivity index (χ1) is 10.1. The Morgan fingerprint density at radius 3 is 2.81 bits per heavy atom. The minimum atomic E-state index is -0.491. The summed E-state index contributed by atoms with van der Waals surface area (Å²) in [6.45, 7) is 4.11. The molecule has 0 aliphatic carbocycles. The monoisotopic (exact) mass is 310 g/mol. The lowest BCUT2D eigenvalue weighted by molar-refractivity contribution is -0.139. The van der Waals surface area contributed by atoms with Crippen LogP contribution in [0.4, 0.5) is 0 Å². The largest absolute Gasteiger partial charge is 0.481 e. The Kier molecular flexibility index (Phi) is 5.88. The molecule has 1 unspecified atom stereocenters. The number of ether oxygens (including phenoxy) is 1. The van der Waals surface area contributed by atoms with Gasteiger partial charge in [-0.05, 0) is 56.8 Å². The zero-order valence-corrected chi connectivity index (χ0v) is 13.2. The van der Waals surface area contributed by atoms with Gasteiger partial charge in [0.1, 0.15) is 5.75 Å². The molecule has 2 N–H and O–H groups in total. The molecule has 1 saturated heterocycles. The van der Waals surface area contributed by atoms with Crippen LogP contribution in [0.2, 0.25) is 5.02 Å². The van der Waals surface area contributed by atoms with Crippen molar-refractivity contribution in [2.24, 2.45) is 11.7 Å². The van der Waals surface area contributed by atoms with E-state index in [1.165, 1.54) is 0 Å². The second-order valence-electron chi connectivity index (χ2n) is 5.56. The Labute approximate surface area is 131 Å². The van der Waals surface area contributed by atoms with Gasteiger partial charge in [-0.1, -0.05) is 17.7 Å². The van der Waals surface area contributed by atoms with Crippen LogP contribution < -0.4 is 10.5 Å². The predicted molar refractivity (Wildman–Crippen MR) is 84.5 cm³/mol. The second-order valence-corrected chi connectivity index (χ2v) is 6.00. The topological polar surface area (TPSA) is 55.6 Å². The molecule has 1 aromatic rings. The molecule has 1 amide bonds. The summed E-state index contributed by atoms with van der Waals surface area (Å²) in [5.74, 6) is 1.32. The number of hydrogen-bond acceptors (Lipinski definition) is 3. The predicted octanol–water partition coefficient (Wildman–Crippen LogP) is 2.69. The lowest BCUT2D eigenvalue weighted by atomic mass is 9.93. The number of likely N-dealkylation sites (tertiary alicyclic amines) is 1. The number of rotatable bonds is 5. The van der Waals surface area contributed by atoms with E-state index in [1.54, 1.807) is 19.1 Å². The molecule has 0 radical (unpaired) electrons. The van der Waals surface area contributed by atoms with Crippen LogP contribution in [-0.4, -0.2) is 36.5 Å². The normalized spacial score (nSPS) is 17.6. The molecule has 1 aliphatic heterocycles. The van der Waals surface area contributed by atoms with Crippen LogP contribution in [0.1, 0.15) is 26.2 Å². The fourth-order valence-corrected chi connectivity index (χ4v) is 2.91. The van der Waals surface area contributed by atoms with Crippen molar-refractivity contribution in [2.75, 3.05) is 19.6 Å². The van der Waals surface area contributed by atoms with Crippen molar-refractivity contribution >= 4 is 17.5 Å². The fourth-order valence-electron chi connectivity index (χ4n) is 2.73. The van der Waals surface area contributed by atoms with Gasteiger partial charge < -0.3 is 15.4 Å². The summed E-state index contributed by atoms with van der Waals surface area (Å²) in [5.41, 5.74) is 5.59. The Morgan fingerprint density at radius 1 is 1.48 bits per heavy atom. The first-order valence-corrected chi connectivity index (χ1v) is 7.89. The molecular formula is C16H23ClN2O2. The van der Waals surface area contributed by atoms with E-state index in [1.807, 2.05) is 17.0 Å². The number of hydrogen-bond donors (Lipinski definition) is 1. The van der Waals surface area contributed by atoms with Crippen molar-refractivity contribution in [1.29, 1.82) is 0 Å².